The van der Waals surface area contributed by atoms with E-state index in [0.717, 1.165) is 5.69 Å². The largest absolute Gasteiger partial charge is 0.468 e. The molecule has 0 aromatic heterocycles. The van der Waals surface area contributed by atoms with Crippen molar-refractivity contribution in [2.75, 3.05) is 18.7 Å². The predicted molar refractivity (Wildman–Crippen MR) is 72.9 cm³/mol. The van der Waals surface area contributed by atoms with Crippen LogP contribution in [0, 0.1) is 0 Å². The number of esters is 1. The van der Waals surface area contributed by atoms with E-state index in [0.29, 0.717) is 5.75 Å². The maximum atomic E-state index is 11.4. The molecule has 0 atom stereocenters. The van der Waals surface area contributed by atoms with Gasteiger partial charge in [-0.05, 0) is 24.3 Å². The molecule has 4 heteroatoms. The van der Waals surface area contributed by atoms with Gasteiger partial charge in [-0.25, -0.2) is 0 Å². The van der Waals surface area contributed by atoms with E-state index in [9.17, 15) is 4.79 Å². The number of carbonyl (C=O) groups excluding carboxylic acids is 1. The van der Waals surface area contributed by atoms with Gasteiger partial charge < -0.3 is 9.57 Å². The molecule has 2 rings (SSSR count). The lowest BCUT2D eigenvalue weighted by molar-refractivity contribution is -0.139. The number of hydrogen-bond acceptors (Lipinski definition) is 4. The van der Waals surface area contributed by atoms with Crippen molar-refractivity contribution >= 4 is 11.7 Å². The lowest BCUT2D eigenvalue weighted by Gasteiger charge is -2.23. The standard InChI is InChI=1S/C15H15NO3/c1-18-15(17)12-16(13-8-4-2-5-9-13)19-14-10-6-3-7-11-14/h2-11H,12H2,1H3. The van der Waals surface area contributed by atoms with Gasteiger partial charge in [-0.3, -0.25) is 4.79 Å². The van der Waals surface area contributed by atoms with Crippen LogP contribution >= 0.6 is 0 Å². The third-order valence-corrected chi connectivity index (χ3v) is 2.50. The molecule has 2 aromatic rings. The second-order valence-electron chi connectivity index (χ2n) is 3.85. The zero-order valence-corrected chi connectivity index (χ0v) is 10.7. The summed E-state index contributed by atoms with van der Waals surface area (Å²) in [6.07, 6.45) is 0. The fourth-order valence-electron chi connectivity index (χ4n) is 1.56. The van der Waals surface area contributed by atoms with E-state index in [1.807, 2.05) is 60.7 Å². The first-order valence-electron chi connectivity index (χ1n) is 5.92. The summed E-state index contributed by atoms with van der Waals surface area (Å²) in [4.78, 5) is 17.1. The van der Waals surface area contributed by atoms with Crippen LogP contribution in [0.2, 0.25) is 0 Å². The second-order valence-corrected chi connectivity index (χ2v) is 3.85. The van der Waals surface area contributed by atoms with Gasteiger partial charge in [0.1, 0.15) is 0 Å². The minimum absolute atomic E-state index is 0.0232. The molecule has 0 saturated carbocycles. The van der Waals surface area contributed by atoms with Crippen LogP contribution in [0.15, 0.2) is 60.7 Å². The molecule has 98 valence electrons. The molecule has 0 aliphatic rings. The first kappa shape index (κ1) is 13.0. The van der Waals surface area contributed by atoms with Crippen molar-refractivity contribution in [3.63, 3.8) is 0 Å². The lowest BCUT2D eigenvalue weighted by Crippen LogP contribution is -2.33. The summed E-state index contributed by atoms with van der Waals surface area (Å²) in [6, 6.07) is 18.7. The Hall–Kier alpha value is -2.49. The quantitative estimate of drug-likeness (QED) is 0.609. The molecule has 0 amide bonds. The maximum Gasteiger partial charge on any atom is 0.328 e. The Morgan fingerprint density at radius 2 is 1.58 bits per heavy atom. The van der Waals surface area contributed by atoms with Crippen LogP contribution in [-0.4, -0.2) is 19.6 Å². The van der Waals surface area contributed by atoms with E-state index in [1.165, 1.54) is 12.2 Å². The minimum Gasteiger partial charge on any atom is -0.468 e. The number of para-hydroxylation sites is 2. The average molecular weight is 257 g/mol. The Morgan fingerprint density at radius 3 is 2.16 bits per heavy atom. The molecule has 0 saturated heterocycles. The summed E-state index contributed by atoms with van der Waals surface area (Å²) >= 11 is 0. The van der Waals surface area contributed by atoms with Gasteiger partial charge in [-0.1, -0.05) is 36.4 Å². The molecule has 0 aliphatic carbocycles. The van der Waals surface area contributed by atoms with Crippen molar-refractivity contribution < 1.29 is 14.4 Å². The van der Waals surface area contributed by atoms with Crippen LogP contribution in [0.3, 0.4) is 0 Å². The minimum atomic E-state index is -0.361. The molecule has 0 bridgehead atoms. The van der Waals surface area contributed by atoms with Crippen LogP contribution in [0.5, 0.6) is 5.75 Å². The van der Waals surface area contributed by atoms with Crippen molar-refractivity contribution in [1.82, 2.24) is 0 Å². The van der Waals surface area contributed by atoms with E-state index < -0.39 is 0 Å². The molecule has 0 aliphatic heterocycles. The van der Waals surface area contributed by atoms with E-state index in [2.05, 4.69) is 4.74 Å². The Kier molecular flexibility index (Phi) is 4.39. The van der Waals surface area contributed by atoms with E-state index in [-0.39, 0.29) is 12.5 Å². The summed E-state index contributed by atoms with van der Waals surface area (Å²) < 4.78 is 4.68. The van der Waals surface area contributed by atoms with Crippen molar-refractivity contribution in [1.29, 1.82) is 0 Å². The highest BCUT2D eigenvalue weighted by Crippen LogP contribution is 2.17. The number of rotatable bonds is 5. The van der Waals surface area contributed by atoms with Gasteiger partial charge in [0, 0.05) is 0 Å². The molecule has 0 heterocycles. The second kappa shape index (κ2) is 6.44. The number of hydroxylamine groups is 1. The Bertz CT molecular complexity index is 513. The average Bonchev–Trinajstić information content (AvgIpc) is 2.48. The Balaban J connectivity index is 2.17. The van der Waals surface area contributed by atoms with Gasteiger partial charge in [-0.2, -0.15) is 5.06 Å². The summed E-state index contributed by atoms with van der Waals surface area (Å²) in [6.45, 7) is 0.0232. The van der Waals surface area contributed by atoms with Crippen LogP contribution < -0.4 is 9.90 Å². The third kappa shape index (κ3) is 3.74. The van der Waals surface area contributed by atoms with Crippen molar-refractivity contribution in [2.24, 2.45) is 0 Å². The fourth-order valence-corrected chi connectivity index (χ4v) is 1.56. The normalized spacial score (nSPS) is 9.74. The molecule has 0 fully saturated rings. The molecular weight excluding hydrogens is 242 g/mol. The number of ether oxygens (including phenoxy) is 1. The number of methoxy groups -OCH3 is 1. The highest BCUT2D eigenvalue weighted by molar-refractivity contribution is 5.75. The molecule has 0 radical (unpaired) electrons. The molecule has 19 heavy (non-hydrogen) atoms. The van der Waals surface area contributed by atoms with Gasteiger partial charge in [-0.15, -0.1) is 0 Å². The van der Waals surface area contributed by atoms with E-state index in [1.54, 1.807) is 0 Å². The molecule has 2 aromatic carbocycles. The van der Waals surface area contributed by atoms with E-state index >= 15 is 0 Å². The summed E-state index contributed by atoms with van der Waals surface area (Å²) in [7, 11) is 1.36. The lowest BCUT2D eigenvalue weighted by atomic mass is 10.3. The number of hydrogen-bond donors (Lipinski definition) is 0. The molecular formula is C15H15NO3. The van der Waals surface area contributed by atoms with Crippen molar-refractivity contribution in [3.05, 3.63) is 60.7 Å². The van der Waals surface area contributed by atoms with Crippen LogP contribution in [0.25, 0.3) is 0 Å². The zero-order chi connectivity index (χ0) is 13.5. The molecule has 0 unspecified atom stereocenters. The molecule has 4 nitrogen and oxygen atoms in total. The van der Waals surface area contributed by atoms with Gasteiger partial charge >= 0.3 is 5.97 Å². The van der Waals surface area contributed by atoms with Crippen molar-refractivity contribution in [2.45, 2.75) is 0 Å². The molecule has 0 spiro atoms. The zero-order valence-electron chi connectivity index (χ0n) is 10.7. The number of nitrogens with zero attached hydrogens (tertiary/aromatic N) is 1. The number of benzene rings is 2. The van der Waals surface area contributed by atoms with Crippen LogP contribution in [-0.2, 0) is 9.53 Å². The Labute approximate surface area is 112 Å². The highest BCUT2D eigenvalue weighted by Gasteiger charge is 2.13. The SMILES string of the molecule is COC(=O)CN(Oc1ccccc1)c1ccccc1. The third-order valence-electron chi connectivity index (χ3n) is 2.50. The topological polar surface area (TPSA) is 38.8 Å². The number of anilines is 1. The van der Waals surface area contributed by atoms with Crippen LogP contribution in [0.4, 0.5) is 5.69 Å². The first-order chi connectivity index (χ1) is 9.29. The molecule has 0 N–H and O–H groups in total. The Morgan fingerprint density at radius 1 is 1.00 bits per heavy atom. The first-order valence-corrected chi connectivity index (χ1v) is 5.92. The number of carbonyl (C=O) groups is 1. The van der Waals surface area contributed by atoms with Gasteiger partial charge in [0.05, 0.1) is 12.8 Å². The summed E-state index contributed by atoms with van der Waals surface area (Å²) in [5.74, 6) is 0.301. The summed E-state index contributed by atoms with van der Waals surface area (Å²) in [5.41, 5.74) is 0.789. The van der Waals surface area contributed by atoms with Crippen LogP contribution in [0.1, 0.15) is 0 Å². The van der Waals surface area contributed by atoms with E-state index in [4.69, 9.17) is 4.84 Å². The van der Waals surface area contributed by atoms with Gasteiger partial charge in [0.2, 0.25) is 0 Å². The monoisotopic (exact) mass is 257 g/mol. The van der Waals surface area contributed by atoms with Gasteiger partial charge in [0.25, 0.3) is 0 Å². The smallest absolute Gasteiger partial charge is 0.328 e. The highest BCUT2D eigenvalue weighted by atomic mass is 16.7. The summed E-state index contributed by atoms with van der Waals surface area (Å²) in [5, 5.41) is 1.50. The predicted octanol–water partition coefficient (Wildman–Crippen LogP) is 2.66. The van der Waals surface area contributed by atoms with Gasteiger partial charge in [0.15, 0.2) is 12.3 Å². The maximum absolute atomic E-state index is 11.4. The van der Waals surface area contributed by atoms with Crippen molar-refractivity contribution in [3.8, 4) is 5.75 Å². The fraction of sp³-hybridized carbons (Fsp3) is 0.133.